The molecule has 2 amide bonds. The van der Waals surface area contributed by atoms with E-state index in [-0.39, 0.29) is 13.0 Å². The number of amides is 2. The number of ether oxygens (including phenoxy) is 1. The molecule has 0 saturated heterocycles. The Bertz CT molecular complexity index is 686. The van der Waals surface area contributed by atoms with Gasteiger partial charge < -0.3 is 14.7 Å². The summed E-state index contributed by atoms with van der Waals surface area (Å²) in [5, 5.41) is 20.2. The third-order valence-corrected chi connectivity index (χ3v) is 3.87. The molecule has 1 aromatic carbocycles. The number of urea groups is 1. The van der Waals surface area contributed by atoms with Gasteiger partial charge in [-0.2, -0.15) is 0 Å². The molecule has 9 heteroatoms. The van der Waals surface area contributed by atoms with Crippen LogP contribution in [0.1, 0.15) is 6.42 Å². The van der Waals surface area contributed by atoms with E-state index in [2.05, 4.69) is 15.5 Å². The zero-order valence-corrected chi connectivity index (χ0v) is 13.5. The van der Waals surface area contributed by atoms with Gasteiger partial charge in [0.2, 0.25) is 5.13 Å². The van der Waals surface area contributed by atoms with Gasteiger partial charge in [0.15, 0.2) is 0 Å². The zero-order chi connectivity index (χ0) is 16.8. The minimum Gasteiger partial charge on any atom is -0.497 e. The number of carbonyl (C=O) groups excluding carboxylic acids is 1. The number of hydrogen-bond acceptors (Lipinski definition) is 6. The number of anilines is 1. The fourth-order valence-corrected chi connectivity index (χ4v) is 2.41. The molecule has 0 aliphatic rings. The van der Waals surface area contributed by atoms with Crippen LogP contribution in [0.3, 0.4) is 0 Å². The Morgan fingerprint density at radius 1 is 1.30 bits per heavy atom. The number of nitrogens with zero attached hydrogens (tertiary/aromatic N) is 3. The van der Waals surface area contributed by atoms with Crippen LogP contribution in [0.25, 0.3) is 10.6 Å². The Morgan fingerprint density at radius 2 is 2.00 bits per heavy atom. The highest BCUT2D eigenvalue weighted by Gasteiger charge is 2.13. The standard InChI is InChI=1S/C14H16N4O4S/c1-18(8-7-11(19)20)14(21)15-13-17-16-12(23-13)9-3-5-10(22-2)6-4-9/h3-6H,7-8H2,1-2H3,(H,19,20)(H,15,17,21). The molecule has 2 N–H and O–H groups in total. The molecular formula is C14H16N4O4S. The number of methoxy groups -OCH3 is 1. The largest absolute Gasteiger partial charge is 0.497 e. The number of carbonyl (C=O) groups is 2. The fourth-order valence-electron chi connectivity index (χ4n) is 1.68. The van der Waals surface area contributed by atoms with Gasteiger partial charge in [-0.15, -0.1) is 10.2 Å². The van der Waals surface area contributed by atoms with E-state index in [0.717, 1.165) is 11.3 Å². The zero-order valence-electron chi connectivity index (χ0n) is 12.6. The van der Waals surface area contributed by atoms with E-state index in [1.807, 2.05) is 24.3 Å². The summed E-state index contributed by atoms with van der Waals surface area (Å²) in [4.78, 5) is 23.7. The minimum absolute atomic E-state index is 0.114. The first-order valence-electron chi connectivity index (χ1n) is 6.71. The summed E-state index contributed by atoms with van der Waals surface area (Å²) < 4.78 is 5.09. The second kappa shape index (κ2) is 7.54. The van der Waals surface area contributed by atoms with Crippen molar-refractivity contribution in [2.45, 2.75) is 6.42 Å². The van der Waals surface area contributed by atoms with Crippen LogP contribution in [0.2, 0.25) is 0 Å². The number of carboxylic acid groups (broad SMARTS) is 1. The summed E-state index contributed by atoms with van der Waals surface area (Å²) in [7, 11) is 3.11. The second-order valence-electron chi connectivity index (χ2n) is 4.64. The molecule has 0 saturated carbocycles. The van der Waals surface area contributed by atoms with E-state index >= 15 is 0 Å². The molecule has 1 heterocycles. The minimum atomic E-state index is -0.956. The highest BCUT2D eigenvalue weighted by Crippen LogP contribution is 2.27. The van der Waals surface area contributed by atoms with Crippen LogP contribution in [0.4, 0.5) is 9.93 Å². The molecule has 0 aliphatic heterocycles. The van der Waals surface area contributed by atoms with Crippen molar-refractivity contribution in [3.63, 3.8) is 0 Å². The number of nitrogens with one attached hydrogen (secondary N) is 1. The van der Waals surface area contributed by atoms with Crippen molar-refractivity contribution >= 4 is 28.5 Å². The Labute approximate surface area is 136 Å². The number of carboxylic acids is 1. The van der Waals surface area contributed by atoms with E-state index in [0.29, 0.717) is 10.1 Å². The SMILES string of the molecule is COc1ccc(-c2nnc(NC(=O)N(C)CCC(=O)O)s2)cc1. The Hall–Kier alpha value is -2.68. The summed E-state index contributed by atoms with van der Waals surface area (Å²) >= 11 is 1.23. The summed E-state index contributed by atoms with van der Waals surface area (Å²) in [5.74, 6) is -0.214. The highest BCUT2D eigenvalue weighted by atomic mass is 32.1. The van der Waals surface area contributed by atoms with Crippen LogP contribution in [-0.2, 0) is 4.79 Å². The molecule has 122 valence electrons. The lowest BCUT2D eigenvalue weighted by Crippen LogP contribution is -2.33. The van der Waals surface area contributed by atoms with E-state index in [1.54, 1.807) is 7.11 Å². The normalized spacial score (nSPS) is 10.2. The fraction of sp³-hybridized carbons (Fsp3) is 0.286. The molecule has 0 radical (unpaired) electrons. The highest BCUT2D eigenvalue weighted by molar-refractivity contribution is 7.18. The van der Waals surface area contributed by atoms with Gasteiger partial charge in [-0.1, -0.05) is 11.3 Å². The number of rotatable bonds is 6. The van der Waals surface area contributed by atoms with E-state index < -0.39 is 12.0 Å². The lowest BCUT2D eigenvalue weighted by atomic mass is 10.2. The molecule has 0 atom stereocenters. The summed E-state index contributed by atoms with van der Waals surface area (Å²) in [5.41, 5.74) is 0.864. The summed E-state index contributed by atoms with van der Waals surface area (Å²) in [6, 6.07) is 6.90. The van der Waals surface area contributed by atoms with Gasteiger partial charge in [-0.3, -0.25) is 10.1 Å². The smallest absolute Gasteiger partial charge is 0.323 e. The topological polar surface area (TPSA) is 105 Å². The number of benzene rings is 1. The van der Waals surface area contributed by atoms with E-state index in [1.165, 1.54) is 23.3 Å². The molecule has 0 bridgehead atoms. The average Bonchev–Trinajstić information content (AvgIpc) is 3.01. The lowest BCUT2D eigenvalue weighted by molar-refractivity contribution is -0.137. The van der Waals surface area contributed by atoms with Gasteiger partial charge >= 0.3 is 12.0 Å². The maximum absolute atomic E-state index is 11.9. The third-order valence-electron chi connectivity index (χ3n) is 2.98. The predicted molar refractivity (Wildman–Crippen MR) is 85.8 cm³/mol. The Balaban J connectivity index is 1.98. The molecule has 23 heavy (non-hydrogen) atoms. The number of aromatic nitrogens is 2. The van der Waals surface area contributed by atoms with Gasteiger partial charge in [0, 0.05) is 19.2 Å². The quantitative estimate of drug-likeness (QED) is 0.837. The van der Waals surface area contributed by atoms with Crippen molar-refractivity contribution in [2.75, 3.05) is 26.0 Å². The Morgan fingerprint density at radius 3 is 2.61 bits per heavy atom. The molecule has 8 nitrogen and oxygen atoms in total. The summed E-state index contributed by atoms with van der Waals surface area (Å²) in [6.45, 7) is 0.116. The molecule has 2 aromatic rings. The van der Waals surface area contributed by atoms with Crippen molar-refractivity contribution in [3.05, 3.63) is 24.3 Å². The molecule has 0 unspecified atom stereocenters. The van der Waals surface area contributed by atoms with Gasteiger partial charge in [0.05, 0.1) is 13.5 Å². The maximum atomic E-state index is 11.9. The predicted octanol–water partition coefficient (Wildman–Crippen LogP) is 2.15. The molecule has 0 aliphatic carbocycles. The van der Waals surface area contributed by atoms with Crippen LogP contribution in [0.5, 0.6) is 5.75 Å². The monoisotopic (exact) mass is 336 g/mol. The second-order valence-corrected chi connectivity index (χ2v) is 5.61. The lowest BCUT2D eigenvalue weighted by Gasteiger charge is -2.15. The molecule has 2 rings (SSSR count). The third kappa shape index (κ3) is 4.65. The molecule has 1 aromatic heterocycles. The van der Waals surface area contributed by atoms with Crippen molar-refractivity contribution in [3.8, 4) is 16.3 Å². The van der Waals surface area contributed by atoms with Gasteiger partial charge in [0.25, 0.3) is 0 Å². The van der Waals surface area contributed by atoms with Crippen LogP contribution in [0.15, 0.2) is 24.3 Å². The molecular weight excluding hydrogens is 320 g/mol. The van der Waals surface area contributed by atoms with Crippen LogP contribution in [0, 0.1) is 0 Å². The van der Waals surface area contributed by atoms with Crippen molar-refractivity contribution < 1.29 is 19.4 Å². The average molecular weight is 336 g/mol. The van der Waals surface area contributed by atoms with Crippen molar-refractivity contribution in [1.82, 2.24) is 15.1 Å². The van der Waals surface area contributed by atoms with Crippen molar-refractivity contribution in [2.24, 2.45) is 0 Å². The van der Waals surface area contributed by atoms with Crippen LogP contribution < -0.4 is 10.1 Å². The summed E-state index contributed by atoms with van der Waals surface area (Å²) in [6.07, 6.45) is -0.114. The van der Waals surface area contributed by atoms with Gasteiger partial charge in [-0.05, 0) is 24.3 Å². The number of hydrogen-bond donors (Lipinski definition) is 2. The van der Waals surface area contributed by atoms with Crippen molar-refractivity contribution in [1.29, 1.82) is 0 Å². The van der Waals surface area contributed by atoms with Crippen LogP contribution >= 0.6 is 11.3 Å². The molecule has 0 fully saturated rings. The van der Waals surface area contributed by atoms with E-state index in [4.69, 9.17) is 9.84 Å². The first-order chi connectivity index (χ1) is 11.0. The number of aliphatic carboxylic acids is 1. The van der Waals surface area contributed by atoms with E-state index in [9.17, 15) is 9.59 Å². The molecule has 0 spiro atoms. The first kappa shape index (κ1) is 16.7. The van der Waals surface area contributed by atoms with Crippen LogP contribution in [-0.4, -0.2) is 52.9 Å². The van der Waals surface area contributed by atoms with Gasteiger partial charge in [0.1, 0.15) is 10.8 Å². The Kier molecular flexibility index (Phi) is 5.47. The maximum Gasteiger partial charge on any atom is 0.323 e. The first-order valence-corrected chi connectivity index (χ1v) is 7.53. The van der Waals surface area contributed by atoms with Gasteiger partial charge in [-0.25, -0.2) is 4.79 Å².